The van der Waals surface area contributed by atoms with E-state index in [2.05, 4.69) is 4.98 Å². The smallest absolute Gasteiger partial charge is 0.255 e. The van der Waals surface area contributed by atoms with Gasteiger partial charge in [0.05, 0.1) is 11.3 Å². The van der Waals surface area contributed by atoms with Gasteiger partial charge in [-0.15, -0.1) is 0 Å². The number of aromatic hydroxyl groups is 1. The second kappa shape index (κ2) is 6.11. The molecule has 0 radical (unpaired) electrons. The van der Waals surface area contributed by atoms with Crippen LogP contribution in [0.1, 0.15) is 11.1 Å². The van der Waals surface area contributed by atoms with Gasteiger partial charge in [0.2, 0.25) is 0 Å². The number of pyridine rings is 1. The average molecular weight is 347 g/mol. The van der Waals surface area contributed by atoms with Crippen molar-refractivity contribution in [1.29, 1.82) is 0 Å². The van der Waals surface area contributed by atoms with Gasteiger partial charge in [0.15, 0.2) is 5.76 Å². The van der Waals surface area contributed by atoms with Gasteiger partial charge in [0.25, 0.3) is 5.56 Å². The van der Waals surface area contributed by atoms with Crippen molar-refractivity contribution in [3.63, 3.8) is 0 Å². The van der Waals surface area contributed by atoms with Crippen LogP contribution in [0.2, 0.25) is 0 Å². The molecule has 5 heteroatoms. The summed E-state index contributed by atoms with van der Waals surface area (Å²) in [6.07, 6.45) is 0. The van der Waals surface area contributed by atoms with E-state index in [-0.39, 0.29) is 11.3 Å². The van der Waals surface area contributed by atoms with Crippen LogP contribution in [-0.4, -0.2) is 10.1 Å². The molecule has 2 heterocycles. The zero-order chi connectivity index (χ0) is 18.3. The van der Waals surface area contributed by atoms with Crippen LogP contribution < -0.4 is 10.3 Å². The second-order valence-electron chi connectivity index (χ2n) is 6.15. The minimum atomic E-state index is -0.336. The van der Waals surface area contributed by atoms with Crippen molar-refractivity contribution in [2.24, 2.45) is 0 Å². The monoisotopic (exact) mass is 347 g/mol. The fourth-order valence-corrected chi connectivity index (χ4v) is 2.89. The van der Waals surface area contributed by atoms with Crippen molar-refractivity contribution in [2.45, 2.75) is 13.8 Å². The van der Waals surface area contributed by atoms with Crippen molar-refractivity contribution in [3.8, 4) is 28.7 Å². The van der Waals surface area contributed by atoms with Crippen molar-refractivity contribution >= 4 is 11.0 Å². The molecule has 2 aromatic heterocycles. The first kappa shape index (κ1) is 16.0. The Balaban J connectivity index is 1.76. The van der Waals surface area contributed by atoms with Crippen molar-refractivity contribution in [3.05, 3.63) is 76.1 Å². The summed E-state index contributed by atoms with van der Waals surface area (Å²) >= 11 is 0. The number of furan rings is 1. The minimum Gasteiger partial charge on any atom is -0.507 e. The lowest BCUT2D eigenvalue weighted by atomic mass is 10.1. The molecule has 26 heavy (non-hydrogen) atoms. The normalized spacial score (nSPS) is 11.0. The molecular formula is C21H17NO4. The molecule has 4 rings (SSSR count). The molecule has 0 aliphatic heterocycles. The van der Waals surface area contributed by atoms with Crippen LogP contribution in [0.5, 0.6) is 17.2 Å². The number of H-pyrrole nitrogens is 1. The molecule has 0 saturated carbocycles. The number of ether oxygens (including phenoxy) is 1. The fourth-order valence-electron chi connectivity index (χ4n) is 2.89. The minimum absolute atomic E-state index is 0.0164. The third kappa shape index (κ3) is 2.73. The molecule has 0 aliphatic rings. The van der Waals surface area contributed by atoms with Crippen molar-refractivity contribution < 1.29 is 14.3 Å². The van der Waals surface area contributed by atoms with Gasteiger partial charge >= 0.3 is 0 Å². The third-order valence-corrected chi connectivity index (χ3v) is 4.38. The van der Waals surface area contributed by atoms with E-state index in [0.717, 1.165) is 11.1 Å². The van der Waals surface area contributed by atoms with E-state index in [1.807, 2.05) is 54.6 Å². The summed E-state index contributed by atoms with van der Waals surface area (Å²) in [4.78, 5) is 14.8. The Morgan fingerprint density at radius 2 is 1.73 bits per heavy atom. The van der Waals surface area contributed by atoms with Crippen molar-refractivity contribution in [1.82, 2.24) is 4.98 Å². The van der Waals surface area contributed by atoms with E-state index in [1.54, 1.807) is 13.8 Å². The lowest BCUT2D eigenvalue weighted by Gasteiger charge is -2.06. The maximum absolute atomic E-state index is 12.0. The molecule has 130 valence electrons. The van der Waals surface area contributed by atoms with Gasteiger partial charge in [-0.05, 0) is 50.2 Å². The van der Waals surface area contributed by atoms with Crippen LogP contribution in [0.4, 0.5) is 0 Å². The van der Waals surface area contributed by atoms with Crippen molar-refractivity contribution in [2.75, 3.05) is 0 Å². The Hall–Kier alpha value is -3.47. The zero-order valence-electron chi connectivity index (χ0n) is 14.4. The predicted molar refractivity (Wildman–Crippen MR) is 99.9 cm³/mol. The van der Waals surface area contributed by atoms with Gasteiger partial charge in [-0.2, -0.15) is 0 Å². The lowest BCUT2D eigenvalue weighted by molar-refractivity contribution is 0.464. The van der Waals surface area contributed by atoms with E-state index < -0.39 is 0 Å². The Morgan fingerprint density at radius 1 is 0.962 bits per heavy atom. The van der Waals surface area contributed by atoms with E-state index >= 15 is 0 Å². The zero-order valence-corrected chi connectivity index (χ0v) is 14.4. The third-order valence-electron chi connectivity index (χ3n) is 4.38. The molecule has 0 unspecified atom stereocenters. The maximum atomic E-state index is 12.0. The number of nitrogens with one attached hydrogen (secondary N) is 1. The summed E-state index contributed by atoms with van der Waals surface area (Å²) in [7, 11) is 0. The first-order valence-corrected chi connectivity index (χ1v) is 8.22. The van der Waals surface area contributed by atoms with Crippen LogP contribution in [0, 0.1) is 13.8 Å². The highest BCUT2D eigenvalue weighted by Crippen LogP contribution is 2.34. The van der Waals surface area contributed by atoms with E-state index in [4.69, 9.17) is 9.15 Å². The summed E-state index contributed by atoms with van der Waals surface area (Å²) in [5.74, 6) is 1.91. The number of para-hydroxylation sites is 1. The molecule has 0 atom stereocenters. The number of hydrogen-bond acceptors (Lipinski definition) is 4. The molecule has 4 aromatic rings. The van der Waals surface area contributed by atoms with Crippen LogP contribution in [0.15, 0.2) is 63.8 Å². The highest BCUT2D eigenvalue weighted by atomic mass is 16.5. The van der Waals surface area contributed by atoms with E-state index in [1.165, 1.54) is 0 Å². The Morgan fingerprint density at radius 3 is 2.50 bits per heavy atom. The number of hydrogen-bond donors (Lipinski definition) is 2. The first-order chi connectivity index (χ1) is 12.5. The molecule has 0 aliphatic carbocycles. The topological polar surface area (TPSA) is 75.5 Å². The van der Waals surface area contributed by atoms with Gasteiger partial charge in [-0.3, -0.25) is 4.79 Å². The summed E-state index contributed by atoms with van der Waals surface area (Å²) in [5, 5.41) is 11.0. The largest absolute Gasteiger partial charge is 0.507 e. The van der Waals surface area contributed by atoms with Crippen LogP contribution in [0.25, 0.3) is 22.4 Å². The molecular weight excluding hydrogens is 330 g/mol. The maximum Gasteiger partial charge on any atom is 0.255 e. The molecule has 2 aromatic carbocycles. The lowest BCUT2D eigenvalue weighted by Crippen LogP contribution is -2.11. The highest BCUT2D eigenvalue weighted by molar-refractivity contribution is 5.84. The van der Waals surface area contributed by atoms with E-state index in [9.17, 15) is 9.90 Å². The second-order valence-corrected chi connectivity index (χ2v) is 6.15. The van der Waals surface area contributed by atoms with E-state index in [0.29, 0.717) is 33.9 Å². The molecule has 0 bridgehead atoms. The Bertz CT molecular complexity index is 1160. The van der Waals surface area contributed by atoms with Gasteiger partial charge in [0, 0.05) is 10.9 Å². The van der Waals surface area contributed by atoms with Gasteiger partial charge in [-0.1, -0.05) is 18.2 Å². The summed E-state index contributed by atoms with van der Waals surface area (Å²) < 4.78 is 11.7. The molecule has 0 amide bonds. The van der Waals surface area contributed by atoms with Crippen LogP contribution in [-0.2, 0) is 0 Å². The SMILES string of the molecule is Cc1c(-c2cc3cc(Oc4ccccc4)ccc3o2)[nH]c(=O)c(C)c1O. The molecule has 2 N–H and O–H groups in total. The number of fused-ring (bicyclic) bond motifs is 1. The van der Waals surface area contributed by atoms with Crippen LogP contribution >= 0.6 is 0 Å². The Labute approximate surface area is 149 Å². The van der Waals surface area contributed by atoms with Gasteiger partial charge in [-0.25, -0.2) is 0 Å². The van der Waals surface area contributed by atoms with Gasteiger partial charge < -0.3 is 19.2 Å². The number of aromatic nitrogens is 1. The fraction of sp³-hybridized carbons (Fsp3) is 0.0952. The first-order valence-electron chi connectivity index (χ1n) is 8.22. The number of rotatable bonds is 3. The number of aromatic amines is 1. The average Bonchev–Trinajstić information content (AvgIpc) is 3.07. The molecule has 0 saturated heterocycles. The standard InChI is InChI=1S/C21H17NO4/c1-12-19(22-21(24)13(2)20(12)23)18-11-14-10-16(8-9-17(14)26-18)25-15-6-4-3-5-7-15/h3-11H,1-2H3,(H2,22,23,24). The summed E-state index contributed by atoms with van der Waals surface area (Å²) in [5.41, 5.74) is 1.67. The molecule has 0 fully saturated rings. The molecule has 5 nitrogen and oxygen atoms in total. The predicted octanol–water partition coefficient (Wildman–Crippen LogP) is 4.90. The highest BCUT2D eigenvalue weighted by Gasteiger charge is 2.16. The quantitative estimate of drug-likeness (QED) is 0.552. The van der Waals surface area contributed by atoms with Gasteiger partial charge in [0.1, 0.15) is 22.8 Å². The summed E-state index contributed by atoms with van der Waals surface area (Å²) in [6.45, 7) is 3.32. The number of benzene rings is 2. The molecule has 0 spiro atoms. The Kier molecular flexibility index (Phi) is 3.77. The summed E-state index contributed by atoms with van der Waals surface area (Å²) in [6, 6.07) is 16.8. The van der Waals surface area contributed by atoms with Crippen LogP contribution in [0.3, 0.4) is 0 Å².